The summed E-state index contributed by atoms with van der Waals surface area (Å²) >= 11 is 6.39. The number of carbonyl (C=O) groups excluding carboxylic acids is 1. The number of benzene rings is 1. The molecule has 0 aromatic heterocycles. The van der Waals surface area contributed by atoms with Gasteiger partial charge in [0.25, 0.3) is 0 Å². The molecule has 1 amide bonds. The summed E-state index contributed by atoms with van der Waals surface area (Å²) in [5.74, 6) is 0.390. The summed E-state index contributed by atoms with van der Waals surface area (Å²) in [6.45, 7) is 11.1. The molecule has 1 aliphatic rings. The van der Waals surface area contributed by atoms with Gasteiger partial charge in [-0.3, -0.25) is 4.79 Å². The minimum atomic E-state index is -0.459. The minimum Gasteiger partial charge on any atom is -0.408 e. The molecule has 2 radical (unpaired) electrons. The van der Waals surface area contributed by atoms with Crippen molar-refractivity contribution < 1.29 is 9.22 Å². The van der Waals surface area contributed by atoms with E-state index < -0.39 is 5.60 Å². The van der Waals surface area contributed by atoms with Crippen LogP contribution in [0.25, 0.3) is 0 Å². The third-order valence-electron chi connectivity index (χ3n) is 3.71. The molecule has 0 unspecified atom stereocenters. The van der Waals surface area contributed by atoms with E-state index in [0.717, 1.165) is 24.0 Å². The fourth-order valence-corrected chi connectivity index (χ4v) is 3.17. The highest BCUT2D eigenvalue weighted by Crippen LogP contribution is 2.34. The highest BCUT2D eigenvalue weighted by Gasteiger charge is 2.30. The molecule has 23 heavy (non-hydrogen) atoms. The molecule has 1 aliphatic carbocycles. The predicted molar refractivity (Wildman–Crippen MR) is 95.6 cm³/mol. The highest BCUT2D eigenvalue weighted by molar-refractivity contribution is 6.32. The Morgan fingerprint density at radius 2 is 1.96 bits per heavy atom. The molecule has 0 aliphatic heterocycles. The summed E-state index contributed by atoms with van der Waals surface area (Å²) in [4.78, 5) is 11.8. The van der Waals surface area contributed by atoms with Crippen LogP contribution >= 0.6 is 11.6 Å². The van der Waals surface area contributed by atoms with Crippen LogP contribution in [0.2, 0.25) is 10.1 Å². The molecule has 1 N–H and O–H groups in total. The number of hydrogen-bond donors (Lipinski definition) is 1. The summed E-state index contributed by atoms with van der Waals surface area (Å²) < 4.78 is 6.15. The van der Waals surface area contributed by atoms with Gasteiger partial charge in [-0.25, -0.2) is 0 Å². The van der Waals surface area contributed by atoms with Crippen LogP contribution in [-0.2, 0) is 21.4 Å². The molecular formula is C18H26ClNO2Si. The molecule has 5 heteroatoms. The molecule has 3 nitrogen and oxygen atoms in total. The Labute approximate surface area is 147 Å². The minimum absolute atomic E-state index is 0.125. The Morgan fingerprint density at radius 1 is 1.30 bits per heavy atom. The Bertz CT molecular complexity index is 577. The van der Waals surface area contributed by atoms with Crippen molar-refractivity contribution in [2.45, 2.75) is 64.6 Å². The first-order valence-electron chi connectivity index (χ1n) is 8.10. The highest BCUT2D eigenvalue weighted by atomic mass is 35.5. The van der Waals surface area contributed by atoms with Crippen LogP contribution in [0.1, 0.15) is 58.6 Å². The van der Waals surface area contributed by atoms with Gasteiger partial charge in [-0.1, -0.05) is 38.4 Å². The second-order valence-electron chi connectivity index (χ2n) is 7.77. The average Bonchev–Trinajstić information content (AvgIpc) is 3.28. The second kappa shape index (κ2) is 6.95. The van der Waals surface area contributed by atoms with E-state index in [2.05, 4.69) is 26.1 Å². The summed E-state index contributed by atoms with van der Waals surface area (Å²) in [5.41, 5.74) is 1.56. The normalized spacial score (nSPS) is 15.6. The number of hydrogen-bond acceptors (Lipinski definition) is 2. The van der Waals surface area contributed by atoms with Gasteiger partial charge in [-0.05, 0) is 49.4 Å². The Hall–Kier alpha value is -0.843. The molecular weight excluding hydrogens is 326 g/mol. The van der Waals surface area contributed by atoms with E-state index in [1.807, 2.05) is 32.0 Å². The SMILES string of the molecule is CC(C)(C)[Si]OC(C)(C)c1cc(CNC(=O)C2CC2)ccc1Cl. The van der Waals surface area contributed by atoms with Crippen molar-refractivity contribution in [3.8, 4) is 0 Å². The van der Waals surface area contributed by atoms with Crippen LogP contribution in [0.3, 0.4) is 0 Å². The van der Waals surface area contributed by atoms with Crippen molar-refractivity contribution in [1.29, 1.82) is 0 Å². The zero-order valence-electron chi connectivity index (χ0n) is 14.6. The lowest BCUT2D eigenvalue weighted by molar-refractivity contribution is -0.122. The molecule has 1 aromatic rings. The van der Waals surface area contributed by atoms with Gasteiger partial charge in [-0.2, -0.15) is 0 Å². The molecule has 0 spiro atoms. The summed E-state index contributed by atoms with van der Waals surface area (Å²) in [7, 11) is 0.385. The Kier molecular flexibility index (Phi) is 5.59. The molecule has 0 saturated heterocycles. The van der Waals surface area contributed by atoms with Gasteiger partial charge in [0.15, 0.2) is 0 Å². The lowest BCUT2D eigenvalue weighted by Crippen LogP contribution is -2.28. The molecule has 0 bridgehead atoms. The molecule has 1 aromatic carbocycles. The summed E-state index contributed by atoms with van der Waals surface area (Å²) in [6.07, 6.45) is 2.04. The van der Waals surface area contributed by atoms with Crippen LogP contribution in [0.5, 0.6) is 0 Å². The second-order valence-corrected chi connectivity index (χ2v) is 10.1. The first-order chi connectivity index (χ1) is 10.6. The van der Waals surface area contributed by atoms with Crippen LogP contribution in [0.15, 0.2) is 18.2 Å². The summed E-state index contributed by atoms with van der Waals surface area (Å²) in [5, 5.41) is 3.82. The van der Waals surface area contributed by atoms with Gasteiger partial charge in [-0.15, -0.1) is 0 Å². The summed E-state index contributed by atoms with van der Waals surface area (Å²) in [6, 6.07) is 5.89. The zero-order valence-corrected chi connectivity index (χ0v) is 16.4. The van der Waals surface area contributed by atoms with Crippen LogP contribution in [0.4, 0.5) is 0 Å². The third kappa shape index (κ3) is 5.62. The average molecular weight is 352 g/mol. The first kappa shape index (κ1) is 18.5. The molecule has 1 saturated carbocycles. The van der Waals surface area contributed by atoms with Crippen molar-refractivity contribution in [3.63, 3.8) is 0 Å². The number of halogens is 1. The van der Waals surface area contributed by atoms with Crippen LogP contribution in [-0.4, -0.2) is 15.7 Å². The zero-order chi connectivity index (χ0) is 17.3. The van der Waals surface area contributed by atoms with E-state index in [4.69, 9.17) is 16.0 Å². The van der Waals surface area contributed by atoms with Crippen molar-refractivity contribution in [2.75, 3.05) is 0 Å². The Morgan fingerprint density at radius 3 is 2.52 bits per heavy atom. The van der Waals surface area contributed by atoms with Crippen LogP contribution < -0.4 is 5.32 Å². The van der Waals surface area contributed by atoms with E-state index in [0.29, 0.717) is 21.3 Å². The first-order valence-corrected chi connectivity index (χ1v) is 9.39. The topological polar surface area (TPSA) is 38.3 Å². The van der Waals surface area contributed by atoms with E-state index in [9.17, 15) is 4.79 Å². The lowest BCUT2D eigenvalue weighted by Gasteiger charge is -2.30. The third-order valence-corrected chi connectivity index (χ3v) is 5.26. The number of rotatable bonds is 6. The maximum Gasteiger partial charge on any atom is 0.236 e. The van der Waals surface area contributed by atoms with E-state index in [1.165, 1.54) is 0 Å². The molecule has 0 atom stereocenters. The molecule has 0 heterocycles. The number of nitrogens with one attached hydrogen (secondary N) is 1. The van der Waals surface area contributed by atoms with E-state index in [-0.39, 0.29) is 16.9 Å². The van der Waals surface area contributed by atoms with E-state index in [1.54, 1.807) is 0 Å². The maximum atomic E-state index is 11.8. The van der Waals surface area contributed by atoms with Crippen molar-refractivity contribution in [3.05, 3.63) is 34.3 Å². The van der Waals surface area contributed by atoms with Gasteiger partial charge in [0.1, 0.15) is 0 Å². The quantitative estimate of drug-likeness (QED) is 0.768. The van der Waals surface area contributed by atoms with Crippen molar-refractivity contribution in [1.82, 2.24) is 5.32 Å². The molecule has 2 rings (SSSR count). The maximum absolute atomic E-state index is 11.8. The smallest absolute Gasteiger partial charge is 0.236 e. The standard InChI is InChI=1S/C18H26ClNO2Si/c1-17(2,3)23-22-18(4,5)14-10-12(6-9-15(14)19)11-20-16(21)13-7-8-13/h6,9-10,13H,7-8,11H2,1-5H3,(H,20,21). The largest absolute Gasteiger partial charge is 0.408 e. The fourth-order valence-electron chi connectivity index (χ4n) is 2.16. The molecule has 126 valence electrons. The predicted octanol–water partition coefficient (Wildman–Crippen LogP) is 4.46. The lowest BCUT2D eigenvalue weighted by atomic mass is 9.96. The number of amides is 1. The van der Waals surface area contributed by atoms with Gasteiger partial charge >= 0.3 is 0 Å². The van der Waals surface area contributed by atoms with Gasteiger partial charge in [0.05, 0.1) is 5.60 Å². The van der Waals surface area contributed by atoms with E-state index >= 15 is 0 Å². The van der Waals surface area contributed by atoms with Crippen LogP contribution in [0, 0.1) is 5.92 Å². The van der Waals surface area contributed by atoms with Crippen molar-refractivity contribution in [2.24, 2.45) is 5.92 Å². The number of carbonyl (C=O) groups is 1. The Balaban J connectivity index is 2.07. The van der Waals surface area contributed by atoms with Gasteiger partial charge in [0, 0.05) is 23.0 Å². The van der Waals surface area contributed by atoms with Gasteiger partial charge in [0.2, 0.25) is 15.7 Å². The molecule has 1 fully saturated rings. The monoisotopic (exact) mass is 351 g/mol. The van der Waals surface area contributed by atoms with Gasteiger partial charge < -0.3 is 9.74 Å². The fraction of sp³-hybridized carbons (Fsp3) is 0.611. The van der Waals surface area contributed by atoms with Crippen molar-refractivity contribution >= 4 is 27.3 Å².